The van der Waals surface area contributed by atoms with E-state index in [2.05, 4.69) is 36.5 Å². The van der Waals surface area contributed by atoms with Crippen LogP contribution in [0, 0.1) is 0 Å². The van der Waals surface area contributed by atoms with Crippen molar-refractivity contribution >= 4 is 11.7 Å². The molecule has 3 N–H and O–H groups in total. The zero-order valence-electron chi connectivity index (χ0n) is 10.9. The lowest BCUT2D eigenvalue weighted by Crippen LogP contribution is -2.44. The van der Waals surface area contributed by atoms with E-state index in [1.807, 2.05) is 0 Å². The predicted octanol–water partition coefficient (Wildman–Crippen LogP) is 2.20. The van der Waals surface area contributed by atoms with Gasteiger partial charge in [-0.3, -0.25) is 0 Å². The molecule has 1 aliphatic rings. The van der Waals surface area contributed by atoms with Gasteiger partial charge >= 0.3 is 6.03 Å². The minimum absolute atomic E-state index is 0.304. The molecule has 0 atom stereocenters. The average Bonchev–Trinajstić information content (AvgIpc) is 2.39. The number of urea groups is 1. The van der Waals surface area contributed by atoms with Gasteiger partial charge in [-0.25, -0.2) is 4.79 Å². The molecular weight excluding hydrogens is 226 g/mol. The Hall–Kier alpha value is -1.71. The Morgan fingerprint density at radius 2 is 2.17 bits per heavy atom. The summed E-state index contributed by atoms with van der Waals surface area (Å²) in [5.41, 5.74) is 7.78. The van der Waals surface area contributed by atoms with Crippen LogP contribution in [0.15, 0.2) is 24.3 Å². The lowest BCUT2D eigenvalue weighted by atomic mass is 10.0. The fraction of sp³-hybridized carbons (Fsp3) is 0.500. The second kappa shape index (κ2) is 5.76. The Morgan fingerprint density at radius 1 is 1.44 bits per heavy atom. The van der Waals surface area contributed by atoms with Gasteiger partial charge in [-0.15, -0.1) is 0 Å². The van der Waals surface area contributed by atoms with Crippen molar-refractivity contribution in [1.82, 2.24) is 4.90 Å². The molecule has 2 amide bonds. The van der Waals surface area contributed by atoms with Gasteiger partial charge in [0.05, 0.1) is 0 Å². The smallest absolute Gasteiger partial charge is 0.314 e. The first-order valence-corrected chi connectivity index (χ1v) is 6.59. The maximum Gasteiger partial charge on any atom is 0.314 e. The Labute approximate surface area is 108 Å². The summed E-state index contributed by atoms with van der Waals surface area (Å²) in [5.74, 6) is 0. The highest BCUT2D eigenvalue weighted by Crippen LogP contribution is 2.17. The van der Waals surface area contributed by atoms with Crippen molar-refractivity contribution in [2.24, 2.45) is 5.73 Å². The highest BCUT2D eigenvalue weighted by Gasteiger charge is 2.20. The highest BCUT2D eigenvalue weighted by atomic mass is 16.2. The van der Waals surface area contributed by atoms with Gasteiger partial charge in [0.1, 0.15) is 0 Å². The van der Waals surface area contributed by atoms with Gasteiger partial charge in [0, 0.05) is 24.8 Å². The van der Waals surface area contributed by atoms with Crippen LogP contribution in [0.3, 0.4) is 0 Å². The third-order valence-corrected chi connectivity index (χ3v) is 3.51. The number of nitrogens with two attached hydrogens (primary N) is 1. The maximum atomic E-state index is 11.0. The lowest BCUT2D eigenvalue weighted by molar-refractivity contribution is 0.193. The Morgan fingerprint density at radius 3 is 2.78 bits per heavy atom. The van der Waals surface area contributed by atoms with E-state index in [-0.39, 0.29) is 6.03 Å². The van der Waals surface area contributed by atoms with Crippen LogP contribution in [-0.2, 0) is 6.42 Å². The number of aryl methyl sites for hydroxylation is 1. The van der Waals surface area contributed by atoms with Crippen molar-refractivity contribution in [3.05, 3.63) is 29.8 Å². The second-order valence-electron chi connectivity index (χ2n) is 4.80. The number of benzene rings is 1. The first-order chi connectivity index (χ1) is 8.69. The number of anilines is 1. The number of nitrogens with one attached hydrogen (secondary N) is 1. The molecule has 0 unspecified atom stereocenters. The summed E-state index contributed by atoms with van der Waals surface area (Å²) >= 11 is 0. The summed E-state index contributed by atoms with van der Waals surface area (Å²) in [7, 11) is 0. The largest absolute Gasteiger partial charge is 0.382 e. The topological polar surface area (TPSA) is 58.4 Å². The summed E-state index contributed by atoms with van der Waals surface area (Å²) < 4.78 is 0. The molecule has 0 radical (unpaired) electrons. The average molecular weight is 247 g/mol. The number of hydrogen-bond donors (Lipinski definition) is 2. The fourth-order valence-electron chi connectivity index (χ4n) is 2.36. The minimum atomic E-state index is -0.304. The molecular formula is C14H21N3O. The summed E-state index contributed by atoms with van der Waals surface area (Å²) in [6.07, 6.45) is 2.97. The Kier molecular flexibility index (Phi) is 4.07. The van der Waals surface area contributed by atoms with Gasteiger partial charge in [0.25, 0.3) is 0 Å². The highest BCUT2D eigenvalue weighted by molar-refractivity contribution is 5.72. The Balaban J connectivity index is 1.89. The van der Waals surface area contributed by atoms with Crippen LogP contribution in [0.5, 0.6) is 0 Å². The number of carbonyl (C=O) groups is 1. The van der Waals surface area contributed by atoms with Crippen LogP contribution in [-0.4, -0.2) is 30.1 Å². The first kappa shape index (κ1) is 12.7. The molecule has 0 saturated carbocycles. The van der Waals surface area contributed by atoms with Crippen LogP contribution in [0.4, 0.5) is 10.5 Å². The van der Waals surface area contributed by atoms with Gasteiger partial charge in [0.15, 0.2) is 0 Å². The van der Waals surface area contributed by atoms with E-state index in [0.717, 1.165) is 32.4 Å². The van der Waals surface area contributed by atoms with Crippen LogP contribution in [0.25, 0.3) is 0 Å². The number of nitrogens with zero attached hydrogens (tertiary/aromatic N) is 1. The molecule has 0 spiro atoms. The number of piperidine rings is 1. The van der Waals surface area contributed by atoms with Crippen molar-refractivity contribution in [3.8, 4) is 0 Å². The molecule has 0 aromatic heterocycles. The van der Waals surface area contributed by atoms with E-state index in [1.165, 1.54) is 11.3 Å². The molecule has 18 heavy (non-hydrogen) atoms. The van der Waals surface area contributed by atoms with Crippen molar-refractivity contribution < 1.29 is 4.79 Å². The summed E-state index contributed by atoms with van der Waals surface area (Å²) in [6.45, 7) is 3.66. The van der Waals surface area contributed by atoms with Gasteiger partial charge in [-0.1, -0.05) is 19.1 Å². The summed E-state index contributed by atoms with van der Waals surface area (Å²) in [5, 5.41) is 3.54. The number of amides is 2. The quantitative estimate of drug-likeness (QED) is 0.860. The van der Waals surface area contributed by atoms with Crippen LogP contribution >= 0.6 is 0 Å². The lowest BCUT2D eigenvalue weighted by Gasteiger charge is -2.31. The van der Waals surface area contributed by atoms with Crippen molar-refractivity contribution in [1.29, 1.82) is 0 Å². The maximum absolute atomic E-state index is 11.0. The third-order valence-electron chi connectivity index (χ3n) is 3.51. The molecule has 1 saturated heterocycles. The van der Waals surface area contributed by atoms with Crippen molar-refractivity contribution in [3.63, 3.8) is 0 Å². The Bertz CT molecular complexity index is 411. The van der Waals surface area contributed by atoms with E-state index >= 15 is 0 Å². The van der Waals surface area contributed by atoms with Crippen molar-refractivity contribution in [2.45, 2.75) is 32.2 Å². The predicted molar refractivity (Wildman–Crippen MR) is 73.6 cm³/mol. The van der Waals surface area contributed by atoms with E-state index < -0.39 is 0 Å². The number of primary amides is 1. The third kappa shape index (κ3) is 3.15. The molecule has 2 rings (SSSR count). The molecule has 1 aromatic carbocycles. The molecule has 1 fully saturated rings. The summed E-state index contributed by atoms with van der Waals surface area (Å²) in [6, 6.07) is 8.65. The first-order valence-electron chi connectivity index (χ1n) is 6.59. The second-order valence-corrected chi connectivity index (χ2v) is 4.80. The van der Waals surface area contributed by atoms with Gasteiger partial charge < -0.3 is 16.0 Å². The van der Waals surface area contributed by atoms with E-state index in [0.29, 0.717) is 6.04 Å². The van der Waals surface area contributed by atoms with Crippen LogP contribution < -0.4 is 11.1 Å². The molecule has 4 nitrogen and oxygen atoms in total. The summed E-state index contributed by atoms with van der Waals surface area (Å²) in [4.78, 5) is 12.7. The van der Waals surface area contributed by atoms with Crippen LogP contribution in [0.1, 0.15) is 25.3 Å². The van der Waals surface area contributed by atoms with Crippen molar-refractivity contribution in [2.75, 3.05) is 18.4 Å². The van der Waals surface area contributed by atoms with E-state index in [4.69, 9.17) is 5.73 Å². The van der Waals surface area contributed by atoms with Crippen LogP contribution in [0.2, 0.25) is 0 Å². The zero-order valence-corrected chi connectivity index (χ0v) is 10.9. The zero-order chi connectivity index (χ0) is 13.0. The SMILES string of the molecule is CCc1cccc(NC2CCN(C(N)=O)CC2)c1. The van der Waals surface area contributed by atoms with E-state index in [1.54, 1.807) is 4.90 Å². The fourth-order valence-corrected chi connectivity index (χ4v) is 2.36. The molecule has 0 bridgehead atoms. The minimum Gasteiger partial charge on any atom is -0.382 e. The van der Waals surface area contributed by atoms with Gasteiger partial charge in [0.2, 0.25) is 0 Å². The number of likely N-dealkylation sites (tertiary alicyclic amines) is 1. The number of carbonyl (C=O) groups excluding carboxylic acids is 1. The molecule has 98 valence electrons. The molecule has 1 aromatic rings. The number of rotatable bonds is 3. The van der Waals surface area contributed by atoms with Gasteiger partial charge in [-0.05, 0) is 37.0 Å². The van der Waals surface area contributed by atoms with E-state index in [9.17, 15) is 4.79 Å². The number of hydrogen-bond acceptors (Lipinski definition) is 2. The molecule has 1 heterocycles. The molecule has 1 aliphatic heterocycles. The molecule has 0 aliphatic carbocycles. The molecule has 4 heteroatoms. The standard InChI is InChI=1S/C14H21N3O/c1-2-11-4-3-5-13(10-11)16-12-6-8-17(9-7-12)14(15)18/h3-5,10,12,16H,2,6-9H2,1H3,(H2,15,18). The van der Waals surface area contributed by atoms with Gasteiger partial charge in [-0.2, -0.15) is 0 Å². The normalized spacial score (nSPS) is 16.6. The monoisotopic (exact) mass is 247 g/mol.